The van der Waals surface area contributed by atoms with Crippen molar-refractivity contribution in [2.75, 3.05) is 18.5 Å². The lowest BCUT2D eigenvalue weighted by molar-refractivity contribution is 0.119. The van der Waals surface area contributed by atoms with Crippen LogP contribution in [0.15, 0.2) is 30.0 Å². The smallest absolute Gasteiger partial charge is 0.323 e. The molecule has 5 heteroatoms. The van der Waals surface area contributed by atoms with Crippen LogP contribution in [0.4, 0.5) is 10.5 Å². The number of nitrogens with one attached hydrogen (secondary N) is 2. The molecule has 0 aliphatic carbocycles. The molecule has 0 spiro atoms. The van der Waals surface area contributed by atoms with Crippen LogP contribution in [0.3, 0.4) is 0 Å². The Labute approximate surface area is 112 Å². The molecule has 0 atom stereocenters. The van der Waals surface area contributed by atoms with Crippen molar-refractivity contribution >= 4 is 11.7 Å². The fourth-order valence-electron chi connectivity index (χ4n) is 1.85. The monoisotopic (exact) mass is 262 g/mol. The maximum atomic E-state index is 11.7. The Kier molecular flexibility index (Phi) is 4.41. The predicted octanol–water partition coefficient (Wildman–Crippen LogP) is 2.52. The zero-order chi connectivity index (χ0) is 13.7. The lowest BCUT2D eigenvalue weighted by atomic mass is 10.1. The molecule has 1 heterocycles. The van der Waals surface area contributed by atoms with Crippen molar-refractivity contribution in [3.05, 3.63) is 35.5 Å². The first-order chi connectivity index (χ1) is 9.15. The molecule has 1 fully saturated rings. The Morgan fingerprint density at radius 3 is 2.79 bits per heavy atom. The number of carbonyl (C=O) groups excluding carboxylic acids is 1. The van der Waals surface area contributed by atoms with E-state index in [1.807, 2.05) is 13.0 Å². The number of benzene rings is 1. The molecule has 1 aromatic rings. The number of amides is 2. The number of urea groups is 1. The largest absolute Gasteiger partial charge is 0.506 e. The number of hydrogen-bond donors (Lipinski definition) is 3. The van der Waals surface area contributed by atoms with Crippen LogP contribution in [0, 0.1) is 6.92 Å². The molecule has 0 radical (unpaired) electrons. The maximum Gasteiger partial charge on any atom is 0.323 e. The lowest BCUT2D eigenvalue weighted by Gasteiger charge is -2.14. The van der Waals surface area contributed by atoms with Gasteiger partial charge in [0.15, 0.2) is 0 Å². The van der Waals surface area contributed by atoms with Crippen molar-refractivity contribution in [3.8, 4) is 5.75 Å². The molecule has 2 rings (SSSR count). The van der Waals surface area contributed by atoms with Crippen molar-refractivity contribution in [2.45, 2.75) is 19.8 Å². The number of carbonyl (C=O) groups is 1. The summed E-state index contributed by atoms with van der Waals surface area (Å²) in [5.74, 6) is 0.0638. The summed E-state index contributed by atoms with van der Waals surface area (Å²) in [6.07, 6.45) is 3.40. The molecular weight excluding hydrogens is 244 g/mol. The second-order valence-corrected chi connectivity index (χ2v) is 4.53. The second kappa shape index (κ2) is 6.24. The van der Waals surface area contributed by atoms with E-state index in [-0.39, 0.29) is 11.8 Å². The van der Waals surface area contributed by atoms with Crippen LogP contribution in [0.2, 0.25) is 0 Å². The first kappa shape index (κ1) is 13.4. The number of phenols is 1. The average molecular weight is 262 g/mol. The summed E-state index contributed by atoms with van der Waals surface area (Å²) in [7, 11) is 0. The SMILES string of the molecule is Cc1ccc(NC(=O)NC=C2CCOCC2)c(O)c1. The van der Waals surface area contributed by atoms with E-state index in [1.54, 1.807) is 18.3 Å². The fraction of sp³-hybridized carbons (Fsp3) is 0.357. The minimum absolute atomic E-state index is 0.0638. The third-order valence-electron chi connectivity index (χ3n) is 2.94. The molecule has 0 unspecified atom stereocenters. The molecular formula is C14H18N2O3. The third-order valence-corrected chi connectivity index (χ3v) is 2.94. The zero-order valence-corrected chi connectivity index (χ0v) is 10.9. The molecule has 5 nitrogen and oxygen atoms in total. The first-order valence-electron chi connectivity index (χ1n) is 6.28. The summed E-state index contributed by atoms with van der Waals surface area (Å²) in [5.41, 5.74) is 2.50. The Balaban J connectivity index is 1.90. The van der Waals surface area contributed by atoms with E-state index in [9.17, 15) is 9.90 Å². The molecule has 2 amide bonds. The van der Waals surface area contributed by atoms with E-state index in [2.05, 4.69) is 10.6 Å². The van der Waals surface area contributed by atoms with Gasteiger partial charge in [0, 0.05) is 6.20 Å². The van der Waals surface area contributed by atoms with Gasteiger partial charge in [-0.2, -0.15) is 0 Å². The number of rotatable bonds is 2. The van der Waals surface area contributed by atoms with Gasteiger partial charge < -0.3 is 20.5 Å². The summed E-state index contributed by atoms with van der Waals surface area (Å²) in [6.45, 7) is 3.28. The number of aryl methyl sites for hydroxylation is 1. The Morgan fingerprint density at radius 1 is 1.37 bits per heavy atom. The summed E-state index contributed by atoms with van der Waals surface area (Å²) in [6, 6.07) is 4.74. The van der Waals surface area contributed by atoms with Crippen molar-refractivity contribution < 1.29 is 14.6 Å². The summed E-state index contributed by atoms with van der Waals surface area (Å²) in [5, 5.41) is 14.9. The summed E-state index contributed by atoms with van der Waals surface area (Å²) in [4.78, 5) is 11.7. The van der Waals surface area contributed by atoms with Gasteiger partial charge >= 0.3 is 6.03 Å². The average Bonchev–Trinajstić information content (AvgIpc) is 2.41. The van der Waals surface area contributed by atoms with Crippen LogP contribution in [0.25, 0.3) is 0 Å². The molecule has 1 aliphatic heterocycles. The van der Waals surface area contributed by atoms with E-state index < -0.39 is 0 Å². The minimum atomic E-state index is -0.363. The van der Waals surface area contributed by atoms with Gasteiger partial charge in [-0.3, -0.25) is 0 Å². The second-order valence-electron chi connectivity index (χ2n) is 4.53. The van der Waals surface area contributed by atoms with Crippen LogP contribution >= 0.6 is 0 Å². The first-order valence-corrected chi connectivity index (χ1v) is 6.28. The Morgan fingerprint density at radius 2 is 2.11 bits per heavy atom. The summed E-state index contributed by atoms with van der Waals surface area (Å²) >= 11 is 0. The van der Waals surface area contributed by atoms with Gasteiger partial charge in [-0.05, 0) is 43.0 Å². The lowest BCUT2D eigenvalue weighted by Crippen LogP contribution is -2.25. The van der Waals surface area contributed by atoms with E-state index in [0.29, 0.717) is 18.9 Å². The number of hydrogen-bond acceptors (Lipinski definition) is 3. The maximum absolute atomic E-state index is 11.7. The van der Waals surface area contributed by atoms with Gasteiger partial charge in [-0.1, -0.05) is 6.07 Å². The number of ether oxygens (including phenoxy) is 1. The van der Waals surface area contributed by atoms with E-state index in [4.69, 9.17) is 4.74 Å². The topological polar surface area (TPSA) is 70.6 Å². The van der Waals surface area contributed by atoms with Crippen molar-refractivity contribution in [2.24, 2.45) is 0 Å². The molecule has 1 aromatic carbocycles. The Hall–Kier alpha value is -2.01. The van der Waals surface area contributed by atoms with Crippen LogP contribution in [0.1, 0.15) is 18.4 Å². The number of aromatic hydroxyl groups is 1. The quantitative estimate of drug-likeness (QED) is 0.717. The molecule has 0 bridgehead atoms. The molecule has 1 saturated heterocycles. The zero-order valence-electron chi connectivity index (χ0n) is 10.9. The van der Waals surface area contributed by atoms with Gasteiger partial charge in [0.25, 0.3) is 0 Å². The third kappa shape index (κ3) is 3.99. The molecule has 0 saturated carbocycles. The molecule has 19 heavy (non-hydrogen) atoms. The molecule has 102 valence electrons. The van der Waals surface area contributed by atoms with E-state index in [0.717, 1.165) is 24.0 Å². The van der Waals surface area contributed by atoms with Crippen molar-refractivity contribution in [3.63, 3.8) is 0 Å². The van der Waals surface area contributed by atoms with E-state index in [1.165, 1.54) is 0 Å². The van der Waals surface area contributed by atoms with Crippen LogP contribution in [-0.2, 0) is 4.74 Å². The van der Waals surface area contributed by atoms with Gasteiger partial charge in [0.2, 0.25) is 0 Å². The van der Waals surface area contributed by atoms with Crippen LogP contribution < -0.4 is 10.6 Å². The minimum Gasteiger partial charge on any atom is -0.506 e. The molecule has 0 aromatic heterocycles. The normalized spacial score (nSPS) is 14.9. The van der Waals surface area contributed by atoms with Gasteiger partial charge in [0.05, 0.1) is 18.9 Å². The summed E-state index contributed by atoms with van der Waals surface area (Å²) < 4.78 is 5.23. The van der Waals surface area contributed by atoms with Gasteiger partial charge in [-0.15, -0.1) is 0 Å². The van der Waals surface area contributed by atoms with Crippen molar-refractivity contribution in [1.29, 1.82) is 0 Å². The Bertz CT molecular complexity index is 489. The highest BCUT2D eigenvalue weighted by Crippen LogP contribution is 2.23. The highest BCUT2D eigenvalue weighted by molar-refractivity contribution is 5.91. The fourth-order valence-corrected chi connectivity index (χ4v) is 1.85. The molecule has 3 N–H and O–H groups in total. The number of anilines is 1. The molecule has 1 aliphatic rings. The highest BCUT2D eigenvalue weighted by atomic mass is 16.5. The standard InChI is InChI=1S/C14H18N2O3/c1-10-2-3-12(13(17)8-10)16-14(18)15-9-11-4-6-19-7-5-11/h2-3,8-9,17H,4-7H2,1H3,(H2,15,16,18). The van der Waals surface area contributed by atoms with Crippen LogP contribution in [-0.4, -0.2) is 24.4 Å². The number of phenolic OH excluding ortho intramolecular Hbond substituents is 1. The van der Waals surface area contributed by atoms with Gasteiger partial charge in [-0.25, -0.2) is 4.79 Å². The van der Waals surface area contributed by atoms with Crippen LogP contribution in [0.5, 0.6) is 5.75 Å². The van der Waals surface area contributed by atoms with Crippen molar-refractivity contribution in [1.82, 2.24) is 5.32 Å². The predicted molar refractivity (Wildman–Crippen MR) is 73.1 cm³/mol. The van der Waals surface area contributed by atoms with Gasteiger partial charge in [0.1, 0.15) is 5.75 Å². The van der Waals surface area contributed by atoms with E-state index >= 15 is 0 Å². The highest BCUT2D eigenvalue weighted by Gasteiger charge is 2.07.